The molecule has 1 amide bonds. The Hall–Kier alpha value is -4.00. The molecular formula is C24H23NO6. The van der Waals surface area contributed by atoms with Crippen molar-refractivity contribution in [3.05, 3.63) is 72.3 Å². The molecule has 0 aromatic heterocycles. The first-order chi connectivity index (χ1) is 14.9. The summed E-state index contributed by atoms with van der Waals surface area (Å²) in [6.45, 7) is 1.50. The third kappa shape index (κ3) is 5.33. The van der Waals surface area contributed by atoms with Crippen LogP contribution in [0.5, 0.6) is 17.2 Å². The van der Waals surface area contributed by atoms with Crippen molar-refractivity contribution >= 4 is 17.6 Å². The average Bonchev–Trinajstić information content (AvgIpc) is 2.79. The van der Waals surface area contributed by atoms with Crippen LogP contribution in [0.25, 0.3) is 11.1 Å². The first kappa shape index (κ1) is 21.7. The van der Waals surface area contributed by atoms with Gasteiger partial charge in [-0.25, -0.2) is 4.79 Å². The van der Waals surface area contributed by atoms with E-state index in [-0.39, 0.29) is 5.75 Å². The van der Waals surface area contributed by atoms with Gasteiger partial charge in [0.25, 0.3) is 5.91 Å². The summed E-state index contributed by atoms with van der Waals surface area (Å²) in [6, 6.07) is 18.5. The minimum Gasteiger partial charge on any atom is -0.508 e. The molecule has 0 saturated heterocycles. The second-order valence-electron chi connectivity index (χ2n) is 6.73. The van der Waals surface area contributed by atoms with E-state index in [1.165, 1.54) is 21.1 Å². The Labute approximate surface area is 180 Å². The Morgan fingerprint density at radius 1 is 0.839 bits per heavy atom. The first-order valence-electron chi connectivity index (χ1n) is 9.54. The van der Waals surface area contributed by atoms with Crippen molar-refractivity contribution in [2.75, 3.05) is 19.5 Å². The maximum Gasteiger partial charge on any atom is 0.338 e. The highest BCUT2D eigenvalue weighted by atomic mass is 16.5. The van der Waals surface area contributed by atoms with Gasteiger partial charge in [0.05, 0.1) is 19.8 Å². The number of amides is 1. The lowest BCUT2D eigenvalue weighted by atomic mass is 10.0. The summed E-state index contributed by atoms with van der Waals surface area (Å²) in [6.07, 6.45) is -1.00. The number of hydrogen-bond acceptors (Lipinski definition) is 6. The summed E-state index contributed by atoms with van der Waals surface area (Å²) in [5.74, 6) is 0.118. The van der Waals surface area contributed by atoms with Crippen LogP contribution in [0.15, 0.2) is 66.7 Å². The molecule has 0 fully saturated rings. The van der Waals surface area contributed by atoms with E-state index in [1.807, 2.05) is 0 Å². The molecule has 0 radical (unpaired) electrons. The Balaban J connectivity index is 1.62. The van der Waals surface area contributed by atoms with E-state index >= 15 is 0 Å². The van der Waals surface area contributed by atoms with Crippen LogP contribution in [-0.4, -0.2) is 37.3 Å². The SMILES string of the molecule is COc1ccc(NC(=O)[C@H](C)OC(=O)c2ccc(-c3ccc(O)cc3)cc2)cc1OC. The van der Waals surface area contributed by atoms with Crippen LogP contribution in [0.1, 0.15) is 17.3 Å². The van der Waals surface area contributed by atoms with Crippen LogP contribution in [0.3, 0.4) is 0 Å². The molecule has 31 heavy (non-hydrogen) atoms. The van der Waals surface area contributed by atoms with Crippen molar-refractivity contribution in [2.24, 2.45) is 0 Å². The number of methoxy groups -OCH3 is 2. The molecule has 2 N–H and O–H groups in total. The normalized spacial score (nSPS) is 11.3. The smallest absolute Gasteiger partial charge is 0.338 e. The number of carbonyl (C=O) groups is 2. The highest BCUT2D eigenvalue weighted by Gasteiger charge is 2.19. The van der Waals surface area contributed by atoms with Gasteiger partial charge in [0.1, 0.15) is 5.75 Å². The molecule has 0 heterocycles. The summed E-state index contributed by atoms with van der Waals surface area (Å²) >= 11 is 0. The lowest BCUT2D eigenvalue weighted by Crippen LogP contribution is -2.30. The molecule has 3 rings (SSSR count). The van der Waals surface area contributed by atoms with E-state index in [1.54, 1.807) is 66.7 Å². The van der Waals surface area contributed by atoms with E-state index in [0.717, 1.165) is 11.1 Å². The van der Waals surface area contributed by atoms with Crippen molar-refractivity contribution in [3.8, 4) is 28.4 Å². The Morgan fingerprint density at radius 2 is 1.42 bits per heavy atom. The molecule has 3 aromatic rings. The monoisotopic (exact) mass is 421 g/mol. The molecule has 7 nitrogen and oxygen atoms in total. The highest BCUT2D eigenvalue weighted by molar-refractivity contribution is 5.97. The molecule has 0 aliphatic carbocycles. The number of carbonyl (C=O) groups excluding carboxylic acids is 2. The summed E-state index contributed by atoms with van der Waals surface area (Å²) in [7, 11) is 3.02. The second-order valence-corrected chi connectivity index (χ2v) is 6.73. The van der Waals surface area contributed by atoms with E-state index < -0.39 is 18.0 Å². The molecule has 7 heteroatoms. The number of phenolic OH excluding ortho intramolecular Hbond substituents is 1. The zero-order valence-electron chi connectivity index (χ0n) is 17.4. The Kier molecular flexibility index (Phi) is 6.77. The predicted molar refractivity (Wildman–Crippen MR) is 117 cm³/mol. The fourth-order valence-corrected chi connectivity index (χ4v) is 2.89. The number of benzene rings is 3. The number of aromatic hydroxyl groups is 1. The lowest BCUT2D eigenvalue weighted by molar-refractivity contribution is -0.123. The van der Waals surface area contributed by atoms with Gasteiger partial charge in [0.2, 0.25) is 0 Å². The topological polar surface area (TPSA) is 94.1 Å². The number of esters is 1. The Morgan fingerprint density at radius 3 is 2.00 bits per heavy atom. The van der Waals surface area contributed by atoms with Crippen molar-refractivity contribution in [1.82, 2.24) is 0 Å². The van der Waals surface area contributed by atoms with Crippen LogP contribution in [0.4, 0.5) is 5.69 Å². The minimum absolute atomic E-state index is 0.185. The van der Waals surface area contributed by atoms with Crippen LogP contribution in [0, 0.1) is 0 Å². The fourth-order valence-electron chi connectivity index (χ4n) is 2.89. The summed E-state index contributed by atoms with van der Waals surface area (Å²) < 4.78 is 15.7. The maximum absolute atomic E-state index is 12.4. The zero-order chi connectivity index (χ0) is 22.4. The lowest BCUT2D eigenvalue weighted by Gasteiger charge is -2.15. The van der Waals surface area contributed by atoms with E-state index in [9.17, 15) is 14.7 Å². The molecule has 0 aliphatic rings. The highest BCUT2D eigenvalue weighted by Crippen LogP contribution is 2.30. The fraction of sp³-hybridized carbons (Fsp3) is 0.167. The number of ether oxygens (including phenoxy) is 3. The molecule has 3 aromatic carbocycles. The van der Waals surface area contributed by atoms with Crippen LogP contribution in [0.2, 0.25) is 0 Å². The van der Waals surface area contributed by atoms with Crippen LogP contribution in [-0.2, 0) is 9.53 Å². The maximum atomic E-state index is 12.4. The number of anilines is 1. The van der Waals surface area contributed by atoms with Crippen LogP contribution >= 0.6 is 0 Å². The van der Waals surface area contributed by atoms with Crippen molar-refractivity contribution in [2.45, 2.75) is 13.0 Å². The molecule has 1 atom stereocenters. The quantitative estimate of drug-likeness (QED) is 0.554. The van der Waals surface area contributed by atoms with Gasteiger partial charge in [-0.1, -0.05) is 24.3 Å². The summed E-state index contributed by atoms with van der Waals surface area (Å²) in [4.78, 5) is 24.8. The van der Waals surface area contributed by atoms with Crippen molar-refractivity contribution in [1.29, 1.82) is 0 Å². The van der Waals surface area contributed by atoms with Gasteiger partial charge in [-0.15, -0.1) is 0 Å². The largest absolute Gasteiger partial charge is 0.508 e. The Bertz CT molecular complexity index is 1060. The van der Waals surface area contributed by atoms with Gasteiger partial charge in [-0.3, -0.25) is 4.79 Å². The zero-order valence-corrected chi connectivity index (χ0v) is 17.4. The average molecular weight is 421 g/mol. The first-order valence-corrected chi connectivity index (χ1v) is 9.54. The van der Waals surface area contributed by atoms with E-state index in [0.29, 0.717) is 22.7 Å². The second kappa shape index (κ2) is 9.67. The van der Waals surface area contributed by atoms with Crippen molar-refractivity contribution in [3.63, 3.8) is 0 Å². The molecule has 0 saturated carbocycles. The van der Waals surface area contributed by atoms with Crippen molar-refractivity contribution < 1.29 is 28.9 Å². The van der Waals surface area contributed by atoms with Crippen LogP contribution < -0.4 is 14.8 Å². The molecule has 0 spiro atoms. The van der Waals surface area contributed by atoms with Gasteiger partial charge in [0, 0.05) is 11.8 Å². The van der Waals surface area contributed by atoms with Gasteiger partial charge < -0.3 is 24.6 Å². The van der Waals surface area contributed by atoms with Gasteiger partial charge >= 0.3 is 5.97 Å². The number of nitrogens with one attached hydrogen (secondary N) is 1. The van der Waals surface area contributed by atoms with E-state index in [2.05, 4.69) is 5.32 Å². The number of phenols is 1. The van der Waals surface area contributed by atoms with Gasteiger partial charge in [-0.05, 0) is 54.4 Å². The molecule has 0 unspecified atom stereocenters. The van der Waals surface area contributed by atoms with E-state index in [4.69, 9.17) is 14.2 Å². The number of rotatable bonds is 7. The molecule has 0 bridgehead atoms. The standard InChI is InChI=1S/C24H23NO6/c1-15(23(27)25-19-10-13-21(29-2)22(14-19)30-3)31-24(28)18-6-4-16(5-7-18)17-8-11-20(26)12-9-17/h4-15,26H,1-3H3,(H,25,27)/t15-/m0/s1. The van der Waals surface area contributed by atoms with Gasteiger partial charge in [0.15, 0.2) is 17.6 Å². The minimum atomic E-state index is -1.00. The number of hydrogen-bond donors (Lipinski definition) is 2. The predicted octanol–water partition coefficient (Wildman–Crippen LogP) is 4.26. The molecule has 160 valence electrons. The molecule has 0 aliphatic heterocycles. The summed E-state index contributed by atoms with van der Waals surface area (Å²) in [5.41, 5.74) is 2.60. The molecular weight excluding hydrogens is 398 g/mol. The third-order valence-corrected chi connectivity index (χ3v) is 4.63. The third-order valence-electron chi connectivity index (χ3n) is 4.63. The summed E-state index contributed by atoms with van der Waals surface area (Å²) in [5, 5.41) is 12.1. The van der Waals surface area contributed by atoms with Gasteiger partial charge in [-0.2, -0.15) is 0 Å².